The van der Waals surface area contributed by atoms with Crippen LogP contribution in [0.25, 0.3) is 0 Å². The molecule has 4 rings (SSSR count). The van der Waals surface area contributed by atoms with Gasteiger partial charge in [-0.3, -0.25) is 4.90 Å². The van der Waals surface area contributed by atoms with Gasteiger partial charge in [-0.05, 0) is 61.3 Å². The highest BCUT2D eigenvalue weighted by atomic mass is 32.1. The minimum Gasteiger partial charge on any atom is -0.310 e. The molecule has 1 N–H and O–H groups in total. The van der Waals surface area contributed by atoms with Crippen molar-refractivity contribution in [1.82, 2.24) is 10.2 Å². The molecule has 0 spiro atoms. The Labute approximate surface area is 137 Å². The first kappa shape index (κ1) is 14.4. The fraction of sp³-hybridized carbons (Fsp3) is 0.474. The molecule has 22 heavy (non-hydrogen) atoms. The summed E-state index contributed by atoms with van der Waals surface area (Å²) in [5, 5.41) is 6.10. The zero-order valence-electron chi connectivity index (χ0n) is 13.0. The van der Waals surface area contributed by atoms with Crippen molar-refractivity contribution in [3.8, 4) is 0 Å². The SMILES string of the molecule is c1csc(CN2CCC(NC3Cc4ccccc4C3)CC2)c1. The normalized spacial score (nSPS) is 20.4. The van der Waals surface area contributed by atoms with Crippen LogP contribution < -0.4 is 5.32 Å². The molecule has 0 saturated carbocycles. The van der Waals surface area contributed by atoms with Crippen molar-refractivity contribution < 1.29 is 0 Å². The summed E-state index contributed by atoms with van der Waals surface area (Å²) in [6, 6.07) is 14.7. The zero-order chi connectivity index (χ0) is 14.8. The molecule has 2 aromatic rings. The maximum Gasteiger partial charge on any atom is 0.0327 e. The summed E-state index contributed by atoms with van der Waals surface area (Å²) in [6.07, 6.45) is 5.01. The predicted octanol–water partition coefficient (Wildman–Crippen LogP) is 3.47. The van der Waals surface area contributed by atoms with Crippen LogP contribution in [0.5, 0.6) is 0 Å². The number of likely N-dealkylation sites (tertiary alicyclic amines) is 1. The number of thiophene rings is 1. The summed E-state index contributed by atoms with van der Waals surface area (Å²) in [5.41, 5.74) is 3.10. The lowest BCUT2D eigenvalue weighted by Crippen LogP contribution is -2.46. The van der Waals surface area contributed by atoms with Gasteiger partial charge in [0.05, 0.1) is 0 Å². The van der Waals surface area contributed by atoms with Gasteiger partial charge in [0, 0.05) is 23.5 Å². The van der Waals surface area contributed by atoms with Gasteiger partial charge in [-0.15, -0.1) is 11.3 Å². The fourth-order valence-electron chi connectivity index (χ4n) is 3.89. The first-order valence-corrected chi connectivity index (χ1v) is 9.32. The highest BCUT2D eigenvalue weighted by molar-refractivity contribution is 7.09. The number of hydrogen-bond donors (Lipinski definition) is 1. The van der Waals surface area contributed by atoms with E-state index in [9.17, 15) is 0 Å². The van der Waals surface area contributed by atoms with E-state index in [2.05, 4.69) is 52.0 Å². The Kier molecular flexibility index (Phi) is 4.28. The monoisotopic (exact) mass is 312 g/mol. The largest absolute Gasteiger partial charge is 0.310 e. The van der Waals surface area contributed by atoms with Crippen LogP contribution in [0.3, 0.4) is 0 Å². The van der Waals surface area contributed by atoms with Crippen LogP contribution in [0.1, 0.15) is 28.8 Å². The minimum atomic E-state index is 0.659. The van der Waals surface area contributed by atoms with Crippen molar-refractivity contribution >= 4 is 11.3 Å². The van der Waals surface area contributed by atoms with Crippen molar-refractivity contribution in [2.45, 2.75) is 44.3 Å². The zero-order valence-corrected chi connectivity index (χ0v) is 13.8. The molecule has 2 heterocycles. The van der Waals surface area contributed by atoms with Crippen LogP contribution in [-0.4, -0.2) is 30.1 Å². The van der Waals surface area contributed by atoms with Gasteiger partial charge in [0.2, 0.25) is 0 Å². The second kappa shape index (κ2) is 6.53. The van der Waals surface area contributed by atoms with Crippen LogP contribution in [0.15, 0.2) is 41.8 Å². The number of nitrogens with zero attached hydrogens (tertiary/aromatic N) is 1. The Hall–Kier alpha value is -1.16. The van der Waals surface area contributed by atoms with Crippen molar-refractivity contribution in [1.29, 1.82) is 0 Å². The Morgan fingerprint density at radius 2 is 1.68 bits per heavy atom. The van der Waals surface area contributed by atoms with E-state index in [-0.39, 0.29) is 0 Å². The van der Waals surface area contributed by atoms with Crippen LogP contribution in [0.2, 0.25) is 0 Å². The van der Waals surface area contributed by atoms with E-state index in [0.717, 1.165) is 6.54 Å². The molecule has 2 aliphatic rings. The lowest BCUT2D eigenvalue weighted by Gasteiger charge is -2.33. The van der Waals surface area contributed by atoms with Gasteiger partial charge in [-0.25, -0.2) is 0 Å². The van der Waals surface area contributed by atoms with Gasteiger partial charge >= 0.3 is 0 Å². The molecule has 0 bridgehead atoms. The fourth-order valence-corrected chi connectivity index (χ4v) is 4.64. The summed E-state index contributed by atoms with van der Waals surface area (Å²) in [4.78, 5) is 4.10. The Morgan fingerprint density at radius 1 is 0.955 bits per heavy atom. The molecule has 2 nitrogen and oxygen atoms in total. The Bertz CT molecular complexity index is 575. The second-order valence-electron chi connectivity index (χ2n) is 6.67. The van der Waals surface area contributed by atoms with E-state index in [0.29, 0.717) is 12.1 Å². The summed E-state index contributed by atoms with van der Waals surface area (Å²) in [5.74, 6) is 0. The van der Waals surface area contributed by atoms with Crippen molar-refractivity contribution in [2.75, 3.05) is 13.1 Å². The maximum absolute atomic E-state index is 3.92. The minimum absolute atomic E-state index is 0.659. The van der Waals surface area contributed by atoms with Gasteiger partial charge in [0.1, 0.15) is 0 Å². The molecular formula is C19H24N2S. The molecule has 1 aliphatic carbocycles. The summed E-state index contributed by atoms with van der Waals surface area (Å²) < 4.78 is 0. The Balaban J connectivity index is 1.25. The molecule has 0 amide bonds. The summed E-state index contributed by atoms with van der Waals surface area (Å²) >= 11 is 1.88. The molecule has 0 atom stereocenters. The number of nitrogens with one attached hydrogen (secondary N) is 1. The molecule has 1 aromatic heterocycles. The molecule has 1 aliphatic heterocycles. The van der Waals surface area contributed by atoms with E-state index in [1.165, 1.54) is 43.6 Å². The smallest absolute Gasteiger partial charge is 0.0327 e. The van der Waals surface area contributed by atoms with Crippen LogP contribution in [-0.2, 0) is 19.4 Å². The van der Waals surface area contributed by atoms with E-state index in [1.807, 2.05) is 11.3 Å². The average molecular weight is 312 g/mol. The first-order chi connectivity index (χ1) is 10.9. The van der Waals surface area contributed by atoms with Crippen molar-refractivity contribution in [3.63, 3.8) is 0 Å². The molecule has 0 unspecified atom stereocenters. The predicted molar refractivity (Wildman–Crippen MR) is 93.4 cm³/mol. The number of benzene rings is 1. The molecule has 1 fully saturated rings. The van der Waals surface area contributed by atoms with Crippen molar-refractivity contribution in [2.24, 2.45) is 0 Å². The van der Waals surface area contributed by atoms with Crippen LogP contribution >= 0.6 is 11.3 Å². The van der Waals surface area contributed by atoms with E-state index in [1.54, 1.807) is 11.1 Å². The molecule has 116 valence electrons. The molecule has 1 saturated heterocycles. The number of piperidine rings is 1. The Morgan fingerprint density at radius 3 is 2.32 bits per heavy atom. The van der Waals surface area contributed by atoms with Gasteiger partial charge in [0.15, 0.2) is 0 Å². The second-order valence-corrected chi connectivity index (χ2v) is 7.70. The molecule has 3 heteroatoms. The van der Waals surface area contributed by atoms with Gasteiger partial charge in [-0.1, -0.05) is 30.3 Å². The number of hydrogen-bond acceptors (Lipinski definition) is 3. The van der Waals surface area contributed by atoms with Crippen molar-refractivity contribution in [3.05, 3.63) is 57.8 Å². The van der Waals surface area contributed by atoms with Crippen LogP contribution in [0, 0.1) is 0 Å². The summed E-state index contributed by atoms with van der Waals surface area (Å²) in [7, 11) is 0. The lowest BCUT2D eigenvalue weighted by atomic mass is 10.0. The average Bonchev–Trinajstić information content (AvgIpc) is 3.18. The standard InChI is InChI=1S/C19H24N2S/c1-2-5-16-13-18(12-15(16)4-1)20-17-7-9-21(10-8-17)14-19-6-3-11-22-19/h1-6,11,17-18,20H,7-10,12-14H2. The van der Waals surface area contributed by atoms with Gasteiger partial charge in [-0.2, -0.15) is 0 Å². The van der Waals surface area contributed by atoms with Gasteiger partial charge < -0.3 is 5.32 Å². The van der Waals surface area contributed by atoms with Gasteiger partial charge in [0.25, 0.3) is 0 Å². The number of rotatable bonds is 4. The third-order valence-corrected chi connectivity index (χ3v) is 5.93. The third kappa shape index (κ3) is 3.27. The van der Waals surface area contributed by atoms with E-state index < -0.39 is 0 Å². The van der Waals surface area contributed by atoms with E-state index >= 15 is 0 Å². The highest BCUT2D eigenvalue weighted by Crippen LogP contribution is 2.23. The lowest BCUT2D eigenvalue weighted by molar-refractivity contribution is 0.185. The summed E-state index contributed by atoms with van der Waals surface area (Å²) in [6.45, 7) is 3.60. The first-order valence-electron chi connectivity index (χ1n) is 8.44. The highest BCUT2D eigenvalue weighted by Gasteiger charge is 2.25. The van der Waals surface area contributed by atoms with E-state index in [4.69, 9.17) is 0 Å². The maximum atomic E-state index is 3.92. The molecule has 1 aromatic carbocycles. The van der Waals surface area contributed by atoms with Crippen LogP contribution in [0.4, 0.5) is 0 Å². The molecule has 0 radical (unpaired) electrons. The number of fused-ring (bicyclic) bond motifs is 1. The molecular weight excluding hydrogens is 288 g/mol. The third-order valence-electron chi connectivity index (χ3n) is 5.07. The topological polar surface area (TPSA) is 15.3 Å². The quantitative estimate of drug-likeness (QED) is 0.930.